The average molecular weight is 334 g/mol. The molecule has 0 unspecified atom stereocenters. The van der Waals surface area contributed by atoms with Crippen LogP contribution in [-0.4, -0.2) is 28.3 Å². The summed E-state index contributed by atoms with van der Waals surface area (Å²) in [5, 5.41) is 12.0. The first-order valence-corrected chi connectivity index (χ1v) is 8.73. The molecule has 2 rings (SSSR count). The van der Waals surface area contributed by atoms with Crippen molar-refractivity contribution in [3.8, 4) is 0 Å². The van der Waals surface area contributed by atoms with Crippen LogP contribution in [0.15, 0.2) is 12.1 Å². The molecular formula is C13H16ClNO3S2. The molecule has 0 bridgehead atoms. The molecule has 1 amide bonds. The lowest BCUT2D eigenvalue weighted by Gasteiger charge is -2.25. The zero-order valence-electron chi connectivity index (χ0n) is 10.9. The molecule has 20 heavy (non-hydrogen) atoms. The number of hydrogen-bond donors (Lipinski definition) is 2. The number of carboxylic acid groups (broad SMARTS) is 1. The van der Waals surface area contributed by atoms with Crippen molar-refractivity contribution in [3.63, 3.8) is 0 Å². The van der Waals surface area contributed by atoms with E-state index in [2.05, 4.69) is 5.32 Å². The molecule has 1 heterocycles. The first kappa shape index (κ1) is 15.7. The van der Waals surface area contributed by atoms with E-state index in [1.165, 1.54) is 23.1 Å². The highest BCUT2D eigenvalue weighted by Gasteiger charge is 2.42. The first-order valence-electron chi connectivity index (χ1n) is 6.38. The monoisotopic (exact) mass is 333 g/mol. The lowest BCUT2D eigenvalue weighted by atomic mass is 9.98. The van der Waals surface area contributed by atoms with Crippen LogP contribution in [0.4, 0.5) is 0 Å². The lowest BCUT2D eigenvalue weighted by Crippen LogP contribution is -2.53. The van der Waals surface area contributed by atoms with Crippen LogP contribution in [0.1, 0.15) is 30.6 Å². The van der Waals surface area contributed by atoms with Crippen molar-refractivity contribution in [2.45, 2.75) is 37.0 Å². The SMILES string of the molecule is O=C(CSCc1ccc(Cl)s1)NC1(C(=O)O)CCCC1. The molecule has 1 aromatic heterocycles. The van der Waals surface area contributed by atoms with Gasteiger partial charge >= 0.3 is 5.97 Å². The summed E-state index contributed by atoms with van der Waals surface area (Å²) in [6.07, 6.45) is 2.76. The second-order valence-corrected chi connectivity index (χ2v) is 7.63. The Kier molecular flexibility index (Phi) is 5.35. The molecule has 0 radical (unpaired) electrons. The van der Waals surface area contributed by atoms with Gasteiger partial charge in [-0.15, -0.1) is 23.1 Å². The van der Waals surface area contributed by atoms with Gasteiger partial charge in [-0.1, -0.05) is 24.4 Å². The first-order chi connectivity index (χ1) is 9.52. The van der Waals surface area contributed by atoms with Gasteiger partial charge in [-0.05, 0) is 25.0 Å². The molecule has 0 aromatic carbocycles. The average Bonchev–Trinajstić information content (AvgIpc) is 2.99. The summed E-state index contributed by atoms with van der Waals surface area (Å²) in [6, 6.07) is 3.77. The van der Waals surface area contributed by atoms with Crippen LogP contribution in [0, 0.1) is 0 Å². The predicted molar refractivity (Wildman–Crippen MR) is 82.5 cm³/mol. The number of carboxylic acids is 1. The van der Waals surface area contributed by atoms with E-state index in [1.807, 2.05) is 12.1 Å². The molecular weight excluding hydrogens is 318 g/mol. The van der Waals surface area contributed by atoms with Crippen molar-refractivity contribution < 1.29 is 14.7 Å². The number of carbonyl (C=O) groups excluding carboxylic acids is 1. The summed E-state index contributed by atoms with van der Waals surface area (Å²) in [7, 11) is 0. The Morgan fingerprint density at radius 1 is 1.40 bits per heavy atom. The fourth-order valence-electron chi connectivity index (χ4n) is 2.35. The molecule has 0 aliphatic heterocycles. The fourth-order valence-corrected chi connectivity index (χ4v) is 4.37. The molecule has 4 nitrogen and oxygen atoms in total. The van der Waals surface area contributed by atoms with Crippen LogP contribution in [0.5, 0.6) is 0 Å². The predicted octanol–water partition coefficient (Wildman–Crippen LogP) is 3.15. The van der Waals surface area contributed by atoms with Crippen LogP contribution in [-0.2, 0) is 15.3 Å². The van der Waals surface area contributed by atoms with Gasteiger partial charge < -0.3 is 10.4 Å². The second-order valence-electron chi connectivity index (χ2n) is 4.84. The van der Waals surface area contributed by atoms with E-state index in [0.717, 1.165) is 22.1 Å². The van der Waals surface area contributed by atoms with E-state index in [4.69, 9.17) is 11.6 Å². The topological polar surface area (TPSA) is 66.4 Å². The number of thiophene rings is 1. The van der Waals surface area contributed by atoms with Gasteiger partial charge in [-0.3, -0.25) is 4.79 Å². The summed E-state index contributed by atoms with van der Waals surface area (Å²) >= 11 is 8.80. The number of thioether (sulfide) groups is 1. The molecule has 1 aliphatic rings. The molecule has 0 atom stereocenters. The lowest BCUT2D eigenvalue weighted by molar-refractivity contribution is -0.147. The summed E-state index contributed by atoms with van der Waals surface area (Å²) in [5.41, 5.74) is -1.04. The third-order valence-electron chi connectivity index (χ3n) is 3.35. The summed E-state index contributed by atoms with van der Waals surface area (Å²) < 4.78 is 0.737. The van der Waals surface area contributed by atoms with Crippen molar-refractivity contribution in [2.75, 3.05) is 5.75 Å². The Morgan fingerprint density at radius 3 is 2.65 bits per heavy atom. The van der Waals surface area contributed by atoms with E-state index in [-0.39, 0.29) is 11.7 Å². The molecule has 1 aliphatic carbocycles. The molecule has 0 saturated heterocycles. The van der Waals surface area contributed by atoms with Gasteiger partial charge in [0.2, 0.25) is 5.91 Å². The van der Waals surface area contributed by atoms with Crippen LogP contribution in [0.3, 0.4) is 0 Å². The molecule has 110 valence electrons. The van der Waals surface area contributed by atoms with Gasteiger partial charge in [0.05, 0.1) is 10.1 Å². The Labute approximate surface area is 130 Å². The highest BCUT2D eigenvalue weighted by Crippen LogP contribution is 2.30. The minimum Gasteiger partial charge on any atom is -0.480 e. The second kappa shape index (κ2) is 6.83. The van der Waals surface area contributed by atoms with Gasteiger partial charge in [0.25, 0.3) is 0 Å². The highest BCUT2D eigenvalue weighted by atomic mass is 35.5. The van der Waals surface area contributed by atoms with Gasteiger partial charge in [0.15, 0.2) is 0 Å². The molecule has 2 N–H and O–H groups in total. The molecule has 1 aromatic rings. The van der Waals surface area contributed by atoms with Crippen LogP contribution < -0.4 is 5.32 Å². The number of amides is 1. The van der Waals surface area contributed by atoms with Gasteiger partial charge in [0.1, 0.15) is 5.54 Å². The standard InChI is InChI=1S/C13H16ClNO3S2/c14-10-4-3-9(20-10)7-19-8-11(16)15-13(12(17)18)5-1-2-6-13/h3-4H,1-2,5-8H2,(H,15,16)(H,17,18). The van der Waals surface area contributed by atoms with Crippen molar-refractivity contribution in [2.24, 2.45) is 0 Å². The highest BCUT2D eigenvalue weighted by molar-refractivity contribution is 7.99. The maximum Gasteiger partial charge on any atom is 0.329 e. The third-order valence-corrected chi connectivity index (χ3v) is 5.75. The zero-order valence-corrected chi connectivity index (χ0v) is 13.2. The maximum atomic E-state index is 11.9. The van der Waals surface area contributed by atoms with E-state index in [1.54, 1.807) is 0 Å². The molecule has 1 saturated carbocycles. The van der Waals surface area contributed by atoms with Crippen molar-refractivity contribution in [3.05, 3.63) is 21.3 Å². The Hall–Kier alpha value is -0.720. The number of halogens is 1. The number of aliphatic carboxylic acids is 1. The van der Waals surface area contributed by atoms with Crippen LogP contribution in [0.25, 0.3) is 0 Å². The van der Waals surface area contributed by atoms with Crippen molar-refractivity contribution >= 4 is 46.6 Å². The largest absolute Gasteiger partial charge is 0.480 e. The molecule has 7 heteroatoms. The quantitative estimate of drug-likeness (QED) is 0.839. The molecule has 1 fully saturated rings. The number of carbonyl (C=O) groups is 2. The van der Waals surface area contributed by atoms with E-state index in [0.29, 0.717) is 18.6 Å². The summed E-state index contributed by atoms with van der Waals surface area (Å²) in [4.78, 5) is 24.3. The third kappa shape index (κ3) is 3.90. The van der Waals surface area contributed by atoms with E-state index in [9.17, 15) is 14.7 Å². The van der Waals surface area contributed by atoms with Crippen molar-refractivity contribution in [1.82, 2.24) is 5.32 Å². The Morgan fingerprint density at radius 2 is 2.10 bits per heavy atom. The minimum atomic E-state index is -1.04. The summed E-state index contributed by atoms with van der Waals surface area (Å²) in [6.45, 7) is 0. The Bertz CT molecular complexity index is 498. The zero-order chi connectivity index (χ0) is 14.6. The normalized spacial score (nSPS) is 17.1. The van der Waals surface area contributed by atoms with Gasteiger partial charge in [-0.25, -0.2) is 4.79 Å². The minimum absolute atomic E-state index is 0.207. The number of nitrogens with one attached hydrogen (secondary N) is 1. The smallest absolute Gasteiger partial charge is 0.329 e. The number of hydrogen-bond acceptors (Lipinski definition) is 4. The van der Waals surface area contributed by atoms with Crippen molar-refractivity contribution in [1.29, 1.82) is 0 Å². The van der Waals surface area contributed by atoms with Crippen LogP contribution >= 0.6 is 34.7 Å². The Balaban J connectivity index is 1.78. The molecule has 0 spiro atoms. The van der Waals surface area contributed by atoms with Gasteiger partial charge in [-0.2, -0.15) is 0 Å². The number of rotatable bonds is 6. The van der Waals surface area contributed by atoms with E-state index < -0.39 is 11.5 Å². The summed E-state index contributed by atoms with van der Waals surface area (Å²) in [5.74, 6) is -0.143. The van der Waals surface area contributed by atoms with Crippen LogP contribution in [0.2, 0.25) is 4.34 Å². The van der Waals surface area contributed by atoms with Gasteiger partial charge in [0, 0.05) is 10.6 Å². The van der Waals surface area contributed by atoms with E-state index >= 15 is 0 Å². The maximum absolute atomic E-state index is 11.9. The fraction of sp³-hybridized carbons (Fsp3) is 0.538.